The molecule has 0 spiro atoms. The fourth-order valence-corrected chi connectivity index (χ4v) is 2.42. The molecule has 0 atom stereocenters. The average molecular weight is 400 g/mol. The van der Waals surface area contributed by atoms with Crippen LogP contribution < -0.4 is 20.9 Å². The Bertz CT molecular complexity index is 979. The molecule has 4 N–H and O–H groups in total. The number of rotatable bonds is 6. The minimum Gasteiger partial charge on any atom is -0.423 e. The first-order chi connectivity index (χ1) is 14.5. The molecular weight excluding hydrogens is 380 g/mol. The molecule has 30 heavy (non-hydrogen) atoms. The molecule has 0 unspecified atom stereocenters. The largest absolute Gasteiger partial charge is 0.423 e. The lowest BCUT2D eigenvalue weighted by Gasteiger charge is -2.02. The van der Waals surface area contributed by atoms with Gasteiger partial charge in [-0.3, -0.25) is 0 Å². The minimum absolute atomic E-state index is 0.421. The summed E-state index contributed by atoms with van der Waals surface area (Å²) in [5.74, 6) is -0.140. The molecule has 0 amide bonds. The van der Waals surface area contributed by atoms with E-state index < -0.39 is 11.9 Å². The van der Waals surface area contributed by atoms with Gasteiger partial charge in [-0.25, -0.2) is 9.59 Å². The summed E-state index contributed by atoms with van der Waals surface area (Å²) < 4.78 is 10.4. The molecule has 0 aliphatic rings. The Morgan fingerprint density at radius 1 is 0.567 bits per heavy atom. The van der Waals surface area contributed by atoms with Gasteiger partial charge in [-0.15, -0.1) is 0 Å². The van der Waals surface area contributed by atoms with Crippen LogP contribution in [-0.4, -0.2) is 11.9 Å². The summed E-state index contributed by atoms with van der Waals surface area (Å²) in [6.45, 7) is 0. The number of anilines is 2. The van der Waals surface area contributed by atoms with Crippen LogP contribution in [0.1, 0.15) is 11.1 Å². The van der Waals surface area contributed by atoms with E-state index in [2.05, 4.69) is 0 Å². The molecule has 3 aromatic carbocycles. The SMILES string of the molecule is Nc1ccc(OC(=O)/C=C/c2ccc(/C=C/C(=O)Oc3ccc(N)cc3)cc2)cc1. The third-order valence-electron chi connectivity index (χ3n) is 3.96. The summed E-state index contributed by atoms with van der Waals surface area (Å²) in [4.78, 5) is 23.7. The third kappa shape index (κ3) is 6.38. The molecule has 6 heteroatoms. The summed E-state index contributed by atoms with van der Waals surface area (Å²) >= 11 is 0. The van der Waals surface area contributed by atoms with Crippen molar-refractivity contribution in [1.82, 2.24) is 0 Å². The molecule has 0 saturated heterocycles. The van der Waals surface area contributed by atoms with Gasteiger partial charge < -0.3 is 20.9 Å². The lowest BCUT2D eigenvalue weighted by atomic mass is 10.1. The van der Waals surface area contributed by atoms with E-state index >= 15 is 0 Å². The zero-order valence-electron chi connectivity index (χ0n) is 16.0. The van der Waals surface area contributed by atoms with Crippen LogP contribution in [0, 0.1) is 0 Å². The highest BCUT2D eigenvalue weighted by Gasteiger charge is 2.01. The highest BCUT2D eigenvalue weighted by molar-refractivity contribution is 5.89. The predicted octanol–water partition coefficient (Wildman–Crippen LogP) is 4.09. The molecule has 0 aliphatic heterocycles. The molecule has 150 valence electrons. The fraction of sp³-hybridized carbons (Fsp3) is 0. The Balaban J connectivity index is 1.52. The summed E-state index contributed by atoms with van der Waals surface area (Å²) in [5.41, 5.74) is 14.0. The van der Waals surface area contributed by atoms with Crippen molar-refractivity contribution in [2.75, 3.05) is 11.5 Å². The highest BCUT2D eigenvalue weighted by atomic mass is 16.5. The first kappa shape index (κ1) is 20.4. The molecule has 0 heterocycles. The molecule has 6 nitrogen and oxygen atoms in total. The van der Waals surface area contributed by atoms with Crippen molar-refractivity contribution in [1.29, 1.82) is 0 Å². The van der Waals surface area contributed by atoms with Crippen molar-refractivity contribution in [3.63, 3.8) is 0 Å². The van der Waals surface area contributed by atoms with Crippen molar-refractivity contribution in [2.24, 2.45) is 0 Å². The first-order valence-electron chi connectivity index (χ1n) is 9.09. The van der Waals surface area contributed by atoms with Crippen LogP contribution in [0.2, 0.25) is 0 Å². The van der Waals surface area contributed by atoms with Gasteiger partial charge in [0.15, 0.2) is 0 Å². The summed E-state index contributed by atoms with van der Waals surface area (Å²) in [5, 5.41) is 0. The van der Waals surface area contributed by atoms with Gasteiger partial charge in [0.25, 0.3) is 0 Å². The van der Waals surface area contributed by atoms with Gasteiger partial charge in [0, 0.05) is 23.5 Å². The number of hydrogen-bond donors (Lipinski definition) is 2. The summed E-state index contributed by atoms with van der Waals surface area (Å²) in [7, 11) is 0. The fourth-order valence-electron chi connectivity index (χ4n) is 2.42. The number of nitrogens with two attached hydrogens (primary N) is 2. The Morgan fingerprint density at radius 3 is 1.23 bits per heavy atom. The number of benzene rings is 3. The van der Waals surface area contributed by atoms with Crippen molar-refractivity contribution in [3.8, 4) is 11.5 Å². The minimum atomic E-state index is -0.492. The molecular formula is C24H20N2O4. The van der Waals surface area contributed by atoms with Gasteiger partial charge in [0.05, 0.1) is 0 Å². The zero-order valence-corrected chi connectivity index (χ0v) is 16.0. The van der Waals surface area contributed by atoms with Gasteiger partial charge in [-0.1, -0.05) is 24.3 Å². The zero-order chi connectivity index (χ0) is 21.3. The van der Waals surface area contributed by atoms with E-state index in [-0.39, 0.29) is 0 Å². The van der Waals surface area contributed by atoms with Gasteiger partial charge in [-0.05, 0) is 71.8 Å². The molecule has 3 aromatic rings. The number of nitrogen functional groups attached to an aromatic ring is 2. The maximum Gasteiger partial charge on any atom is 0.336 e. The quantitative estimate of drug-likeness (QED) is 0.279. The molecule has 0 fully saturated rings. The summed E-state index contributed by atoms with van der Waals surface area (Å²) in [6.07, 6.45) is 5.96. The molecule has 3 rings (SSSR count). The molecule has 0 aromatic heterocycles. The van der Waals surface area contributed by atoms with Gasteiger partial charge in [0.1, 0.15) is 11.5 Å². The maximum atomic E-state index is 11.9. The number of hydrogen-bond acceptors (Lipinski definition) is 6. The highest BCUT2D eigenvalue weighted by Crippen LogP contribution is 2.15. The Hall–Kier alpha value is -4.32. The van der Waals surface area contributed by atoms with E-state index in [1.165, 1.54) is 12.2 Å². The second kappa shape index (κ2) is 9.75. The molecule has 0 radical (unpaired) electrons. The van der Waals surface area contributed by atoms with Crippen LogP contribution in [0.4, 0.5) is 11.4 Å². The second-order valence-electron chi connectivity index (χ2n) is 6.31. The van der Waals surface area contributed by atoms with Crippen LogP contribution in [0.3, 0.4) is 0 Å². The van der Waals surface area contributed by atoms with E-state index in [0.717, 1.165) is 11.1 Å². The Morgan fingerprint density at radius 2 is 0.900 bits per heavy atom. The Kier molecular flexibility index (Phi) is 6.63. The monoisotopic (exact) mass is 400 g/mol. The number of carbonyl (C=O) groups is 2. The van der Waals surface area contributed by atoms with Crippen LogP contribution in [0.15, 0.2) is 84.9 Å². The van der Waals surface area contributed by atoms with Crippen molar-refractivity contribution in [3.05, 3.63) is 96.1 Å². The third-order valence-corrected chi connectivity index (χ3v) is 3.96. The van der Waals surface area contributed by atoms with E-state index in [0.29, 0.717) is 22.9 Å². The molecule has 0 aliphatic carbocycles. The van der Waals surface area contributed by atoms with Crippen LogP contribution in [0.5, 0.6) is 11.5 Å². The van der Waals surface area contributed by atoms with Crippen LogP contribution in [0.25, 0.3) is 12.2 Å². The smallest absolute Gasteiger partial charge is 0.336 e. The van der Waals surface area contributed by atoms with Crippen LogP contribution >= 0.6 is 0 Å². The normalized spacial score (nSPS) is 10.9. The number of esters is 2. The van der Waals surface area contributed by atoms with Crippen LogP contribution in [-0.2, 0) is 9.59 Å². The van der Waals surface area contributed by atoms with Crippen molar-refractivity contribution in [2.45, 2.75) is 0 Å². The molecule has 0 bridgehead atoms. The van der Waals surface area contributed by atoms with Gasteiger partial charge >= 0.3 is 11.9 Å². The van der Waals surface area contributed by atoms with Gasteiger partial charge in [-0.2, -0.15) is 0 Å². The summed E-state index contributed by atoms with van der Waals surface area (Å²) in [6, 6.07) is 20.4. The Labute approximate surface area is 174 Å². The maximum absolute atomic E-state index is 11.9. The lowest BCUT2D eigenvalue weighted by Crippen LogP contribution is -2.03. The average Bonchev–Trinajstić information content (AvgIpc) is 2.75. The van der Waals surface area contributed by atoms with E-state index in [4.69, 9.17) is 20.9 Å². The standard InChI is InChI=1S/C24H20N2O4/c25-19-7-11-21(12-8-19)29-23(27)15-5-17-1-2-18(4-3-17)6-16-24(28)30-22-13-9-20(26)10-14-22/h1-16H,25-26H2/b15-5+,16-6+. The second-order valence-corrected chi connectivity index (χ2v) is 6.31. The lowest BCUT2D eigenvalue weighted by molar-refractivity contribution is -0.129. The van der Waals surface area contributed by atoms with Crippen molar-refractivity contribution < 1.29 is 19.1 Å². The predicted molar refractivity (Wildman–Crippen MR) is 117 cm³/mol. The molecule has 0 saturated carbocycles. The first-order valence-corrected chi connectivity index (χ1v) is 9.09. The number of carbonyl (C=O) groups excluding carboxylic acids is 2. The van der Waals surface area contributed by atoms with E-state index in [1.54, 1.807) is 60.7 Å². The topological polar surface area (TPSA) is 105 Å². The van der Waals surface area contributed by atoms with E-state index in [1.807, 2.05) is 24.3 Å². The van der Waals surface area contributed by atoms with E-state index in [9.17, 15) is 9.59 Å². The number of ether oxygens (including phenoxy) is 2. The van der Waals surface area contributed by atoms with Gasteiger partial charge in [0.2, 0.25) is 0 Å². The van der Waals surface area contributed by atoms with Crippen molar-refractivity contribution >= 4 is 35.5 Å².